The lowest BCUT2D eigenvalue weighted by molar-refractivity contribution is 0.249. The van der Waals surface area contributed by atoms with Gasteiger partial charge in [-0.15, -0.1) is 0 Å². The summed E-state index contributed by atoms with van der Waals surface area (Å²) in [6.45, 7) is 1.81. The van der Waals surface area contributed by atoms with E-state index in [1.807, 2.05) is 6.92 Å². The van der Waals surface area contributed by atoms with E-state index in [-0.39, 0.29) is 12.1 Å². The molecule has 0 saturated heterocycles. The van der Waals surface area contributed by atoms with Crippen LogP contribution in [0.3, 0.4) is 0 Å². The molecule has 1 unspecified atom stereocenters. The number of aromatic nitrogens is 3. The zero-order chi connectivity index (χ0) is 13.7. The number of methoxy groups -OCH3 is 1. The molecule has 3 N–H and O–H groups in total. The molecule has 0 spiro atoms. The number of hydrogen-bond donors (Lipinski definition) is 3. The number of benzene rings is 1. The van der Waals surface area contributed by atoms with Crippen LogP contribution in [-0.4, -0.2) is 28.3 Å². The molecule has 2 amide bonds. The third kappa shape index (κ3) is 3.44. The van der Waals surface area contributed by atoms with Crippen molar-refractivity contribution < 1.29 is 9.53 Å². The van der Waals surface area contributed by atoms with Crippen LogP contribution in [0.25, 0.3) is 0 Å². The monoisotopic (exact) mass is 261 g/mol. The second-order valence-corrected chi connectivity index (χ2v) is 3.92. The van der Waals surface area contributed by atoms with Gasteiger partial charge in [-0.05, 0) is 31.2 Å². The number of aromatic amines is 1. The van der Waals surface area contributed by atoms with Gasteiger partial charge in [-0.3, -0.25) is 5.10 Å². The molecule has 0 saturated carbocycles. The van der Waals surface area contributed by atoms with Crippen LogP contribution in [0.5, 0.6) is 5.75 Å². The van der Waals surface area contributed by atoms with Gasteiger partial charge in [0.15, 0.2) is 0 Å². The Morgan fingerprint density at radius 2 is 2.11 bits per heavy atom. The van der Waals surface area contributed by atoms with E-state index < -0.39 is 0 Å². The van der Waals surface area contributed by atoms with E-state index in [4.69, 9.17) is 4.74 Å². The highest BCUT2D eigenvalue weighted by molar-refractivity contribution is 5.89. The van der Waals surface area contributed by atoms with Crippen LogP contribution in [-0.2, 0) is 0 Å². The van der Waals surface area contributed by atoms with Gasteiger partial charge in [0, 0.05) is 5.69 Å². The van der Waals surface area contributed by atoms with Gasteiger partial charge in [-0.25, -0.2) is 9.78 Å². The molecule has 0 bridgehead atoms. The highest BCUT2D eigenvalue weighted by Gasteiger charge is 2.11. The molecule has 2 aromatic rings. The van der Waals surface area contributed by atoms with E-state index in [9.17, 15) is 4.79 Å². The van der Waals surface area contributed by atoms with E-state index >= 15 is 0 Å². The largest absolute Gasteiger partial charge is 0.497 e. The van der Waals surface area contributed by atoms with E-state index in [1.54, 1.807) is 31.4 Å². The SMILES string of the molecule is COc1ccc(NC(=O)NC(C)c2ncn[nH]2)cc1. The van der Waals surface area contributed by atoms with Crippen molar-refractivity contribution in [1.29, 1.82) is 0 Å². The van der Waals surface area contributed by atoms with Gasteiger partial charge >= 0.3 is 6.03 Å². The molecule has 0 radical (unpaired) electrons. The number of anilines is 1. The van der Waals surface area contributed by atoms with Gasteiger partial charge in [-0.1, -0.05) is 0 Å². The topological polar surface area (TPSA) is 91.9 Å². The normalized spacial score (nSPS) is 11.7. The first kappa shape index (κ1) is 12.9. The number of hydrogen-bond acceptors (Lipinski definition) is 4. The lowest BCUT2D eigenvalue weighted by Crippen LogP contribution is -2.31. The number of nitrogens with zero attached hydrogens (tertiary/aromatic N) is 2. The van der Waals surface area contributed by atoms with E-state index in [0.29, 0.717) is 11.5 Å². The second-order valence-electron chi connectivity index (χ2n) is 3.92. The smallest absolute Gasteiger partial charge is 0.319 e. The first-order valence-corrected chi connectivity index (χ1v) is 5.76. The van der Waals surface area contributed by atoms with Crippen molar-refractivity contribution in [3.8, 4) is 5.75 Å². The maximum atomic E-state index is 11.8. The van der Waals surface area contributed by atoms with E-state index in [2.05, 4.69) is 25.8 Å². The lowest BCUT2D eigenvalue weighted by Gasteiger charge is -2.12. The third-order valence-electron chi connectivity index (χ3n) is 2.54. The molecule has 0 aliphatic rings. The summed E-state index contributed by atoms with van der Waals surface area (Å²) in [5, 5.41) is 11.9. The highest BCUT2D eigenvalue weighted by Crippen LogP contribution is 2.15. The minimum Gasteiger partial charge on any atom is -0.497 e. The number of carbonyl (C=O) groups excluding carboxylic acids is 1. The van der Waals surface area contributed by atoms with Gasteiger partial charge in [-0.2, -0.15) is 5.10 Å². The lowest BCUT2D eigenvalue weighted by atomic mass is 10.3. The van der Waals surface area contributed by atoms with Gasteiger partial charge in [0.05, 0.1) is 13.2 Å². The number of urea groups is 1. The van der Waals surface area contributed by atoms with Crippen LogP contribution in [0.4, 0.5) is 10.5 Å². The Kier molecular flexibility index (Phi) is 3.97. The van der Waals surface area contributed by atoms with Gasteiger partial charge < -0.3 is 15.4 Å². The average Bonchev–Trinajstić information content (AvgIpc) is 2.93. The summed E-state index contributed by atoms with van der Waals surface area (Å²) >= 11 is 0. The quantitative estimate of drug-likeness (QED) is 0.781. The molecule has 7 nitrogen and oxygen atoms in total. The molecular formula is C12H15N5O2. The molecular weight excluding hydrogens is 246 g/mol. The van der Waals surface area contributed by atoms with Crippen molar-refractivity contribution in [2.45, 2.75) is 13.0 Å². The molecule has 1 aromatic heterocycles. The molecule has 2 rings (SSSR count). The van der Waals surface area contributed by atoms with Crippen molar-refractivity contribution in [2.75, 3.05) is 12.4 Å². The molecule has 1 aromatic carbocycles. The molecule has 1 heterocycles. The maximum Gasteiger partial charge on any atom is 0.319 e. The summed E-state index contributed by atoms with van der Waals surface area (Å²) in [7, 11) is 1.59. The Balaban J connectivity index is 1.90. The first-order valence-electron chi connectivity index (χ1n) is 5.76. The Morgan fingerprint density at radius 3 is 2.68 bits per heavy atom. The fourth-order valence-electron chi connectivity index (χ4n) is 1.53. The van der Waals surface area contributed by atoms with Crippen molar-refractivity contribution in [1.82, 2.24) is 20.5 Å². The second kappa shape index (κ2) is 5.85. The molecule has 0 aliphatic heterocycles. The van der Waals surface area contributed by atoms with Crippen LogP contribution in [0.2, 0.25) is 0 Å². The van der Waals surface area contributed by atoms with Crippen molar-refractivity contribution in [3.05, 3.63) is 36.4 Å². The van der Waals surface area contributed by atoms with Gasteiger partial charge in [0.25, 0.3) is 0 Å². The summed E-state index contributed by atoms with van der Waals surface area (Å²) in [6, 6.07) is 6.51. The Morgan fingerprint density at radius 1 is 1.37 bits per heavy atom. The standard InChI is InChI=1S/C12H15N5O2/c1-8(11-13-7-14-17-11)15-12(18)16-9-3-5-10(19-2)6-4-9/h3-8H,1-2H3,(H,13,14,17)(H2,15,16,18). The number of carbonyl (C=O) groups is 1. The fraction of sp³-hybridized carbons (Fsp3) is 0.250. The zero-order valence-electron chi connectivity index (χ0n) is 10.7. The fourth-order valence-corrected chi connectivity index (χ4v) is 1.53. The van der Waals surface area contributed by atoms with E-state index in [0.717, 1.165) is 5.75 Å². The minimum atomic E-state index is -0.311. The number of amides is 2. The number of nitrogens with one attached hydrogen (secondary N) is 3. The molecule has 100 valence electrons. The molecule has 0 fully saturated rings. The Labute approximate surface area is 110 Å². The van der Waals surface area contributed by atoms with Crippen LogP contribution in [0, 0.1) is 0 Å². The maximum absolute atomic E-state index is 11.8. The Hall–Kier alpha value is -2.57. The van der Waals surface area contributed by atoms with Crippen LogP contribution < -0.4 is 15.4 Å². The van der Waals surface area contributed by atoms with Crippen molar-refractivity contribution >= 4 is 11.7 Å². The molecule has 19 heavy (non-hydrogen) atoms. The van der Waals surface area contributed by atoms with Crippen LogP contribution in [0.15, 0.2) is 30.6 Å². The third-order valence-corrected chi connectivity index (χ3v) is 2.54. The van der Waals surface area contributed by atoms with Crippen molar-refractivity contribution in [3.63, 3.8) is 0 Å². The predicted molar refractivity (Wildman–Crippen MR) is 69.9 cm³/mol. The molecule has 0 aliphatic carbocycles. The molecule has 7 heteroatoms. The van der Waals surface area contributed by atoms with Gasteiger partial charge in [0.1, 0.15) is 17.9 Å². The minimum absolute atomic E-state index is 0.249. The summed E-state index contributed by atoms with van der Waals surface area (Å²) in [5.74, 6) is 1.34. The van der Waals surface area contributed by atoms with Crippen molar-refractivity contribution in [2.24, 2.45) is 0 Å². The predicted octanol–water partition coefficient (Wildman–Crippen LogP) is 1.70. The number of H-pyrrole nitrogens is 1. The summed E-state index contributed by atoms with van der Waals surface area (Å²) in [5.41, 5.74) is 0.683. The summed E-state index contributed by atoms with van der Waals surface area (Å²) in [6.07, 6.45) is 1.40. The summed E-state index contributed by atoms with van der Waals surface area (Å²) < 4.78 is 5.04. The zero-order valence-corrected chi connectivity index (χ0v) is 10.7. The first-order chi connectivity index (χ1) is 9.19. The number of ether oxygens (including phenoxy) is 1. The Bertz CT molecular complexity index is 524. The van der Waals surface area contributed by atoms with Crippen LogP contribution >= 0.6 is 0 Å². The average molecular weight is 261 g/mol. The van der Waals surface area contributed by atoms with Crippen LogP contribution in [0.1, 0.15) is 18.8 Å². The van der Waals surface area contributed by atoms with E-state index in [1.165, 1.54) is 6.33 Å². The molecule has 1 atom stereocenters. The highest BCUT2D eigenvalue weighted by atomic mass is 16.5. The number of rotatable bonds is 4. The summed E-state index contributed by atoms with van der Waals surface area (Å²) in [4.78, 5) is 15.7. The van der Waals surface area contributed by atoms with Gasteiger partial charge in [0.2, 0.25) is 0 Å².